The molecule has 0 amide bonds. The van der Waals surface area contributed by atoms with Crippen LogP contribution in [-0.4, -0.2) is 45.0 Å². The molecule has 8 aliphatic rings. The van der Waals surface area contributed by atoms with Crippen molar-refractivity contribution >= 4 is 33.2 Å². The highest BCUT2D eigenvalue weighted by Crippen LogP contribution is 2.76. The van der Waals surface area contributed by atoms with Crippen LogP contribution in [0, 0.1) is 35.5 Å². The Labute approximate surface area is 193 Å². The van der Waals surface area contributed by atoms with Gasteiger partial charge in [-0.1, -0.05) is 25.7 Å². The summed E-state index contributed by atoms with van der Waals surface area (Å²) in [4.78, 5) is 0. The third-order valence-corrected chi connectivity index (χ3v) is 22.2. The first kappa shape index (κ1) is 20.7. The summed E-state index contributed by atoms with van der Waals surface area (Å²) in [6, 6.07) is 9.77. The maximum absolute atomic E-state index is 2.91. The summed E-state index contributed by atoms with van der Waals surface area (Å²) in [6.45, 7) is 7.73. The van der Waals surface area contributed by atoms with E-state index < -0.39 is 22.6 Å². The predicted molar refractivity (Wildman–Crippen MR) is 144 cm³/mol. The fraction of sp³-hybridized carbons (Fsp3) is 0.786. The number of hydrogen-bond donors (Lipinski definition) is 0. The zero-order chi connectivity index (χ0) is 21.0. The van der Waals surface area contributed by atoms with Gasteiger partial charge in [0, 0.05) is 8.07 Å². The van der Waals surface area contributed by atoms with E-state index in [-0.39, 0.29) is 0 Å². The van der Waals surface area contributed by atoms with Crippen LogP contribution in [0.1, 0.15) is 44.1 Å². The third kappa shape index (κ3) is 3.41. The molecule has 2 aliphatic carbocycles. The Hall–Kier alpha value is 0.297. The molecule has 3 heteroatoms. The molecular formula is C28H44P2Si+2. The summed E-state index contributed by atoms with van der Waals surface area (Å²) in [5.74, 6) is 6.68. The lowest BCUT2D eigenvalue weighted by atomic mass is 9.76. The van der Waals surface area contributed by atoms with Gasteiger partial charge >= 0.3 is 0 Å². The van der Waals surface area contributed by atoms with Crippen molar-refractivity contribution in [2.24, 2.45) is 35.5 Å². The SMILES string of the molecule is C[Si](C)(C)Cc1ccc([P+]23CC4CC(CC(C4)C2)C3)c([P+]23CC4CC(CC(C4)C2)C3)c1. The standard InChI is InChI=1S/C28H44P2Si/c1-31(2,3)19-20-4-5-27(29-13-21-6-22(14-29)8-23(7-21)15-29)28(12-20)30-16-24-9-25(17-30)11-26(10-24)18-30/h4-5,12,21-26H,6-11,13-19H2,1-3H3/q+2. The van der Waals surface area contributed by atoms with Gasteiger partial charge < -0.3 is 0 Å². The van der Waals surface area contributed by atoms with Gasteiger partial charge in [-0.2, -0.15) is 0 Å². The Bertz CT molecular complexity index is 826. The average Bonchev–Trinajstić information content (AvgIpc) is 2.64. The topological polar surface area (TPSA) is 0 Å². The first-order valence-corrected chi connectivity index (χ1v) is 22.0. The highest BCUT2D eigenvalue weighted by Gasteiger charge is 2.63. The maximum atomic E-state index is 2.91. The quantitative estimate of drug-likeness (QED) is 0.347. The zero-order valence-corrected chi connectivity index (χ0v) is 23.1. The van der Waals surface area contributed by atoms with Crippen LogP contribution >= 0.6 is 14.5 Å². The summed E-state index contributed by atoms with van der Waals surface area (Å²) in [5.41, 5.74) is 1.74. The van der Waals surface area contributed by atoms with E-state index in [1.165, 1.54) is 6.04 Å². The summed E-state index contributed by atoms with van der Waals surface area (Å²) < 4.78 is 0. The Morgan fingerprint density at radius 2 is 1.00 bits per heavy atom. The molecule has 8 fully saturated rings. The molecule has 9 rings (SSSR count). The lowest BCUT2D eigenvalue weighted by molar-refractivity contribution is 0.209. The minimum atomic E-state index is -1.08. The van der Waals surface area contributed by atoms with Gasteiger partial charge in [0.2, 0.25) is 0 Å². The van der Waals surface area contributed by atoms with E-state index in [4.69, 9.17) is 0 Å². The van der Waals surface area contributed by atoms with Crippen LogP contribution in [0.2, 0.25) is 19.6 Å². The van der Waals surface area contributed by atoms with Crippen LogP contribution in [0.15, 0.2) is 18.2 Å². The first-order chi connectivity index (χ1) is 14.8. The van der Waals surface area contributed by atoms with E-state index in [1.54, 1.807) is 81.1 Å². The summed E-state index contributed by atoms with van der Waals surface area (Å²) in [6.07, 6.45) is 19.6. The van der Waals surface area contributed by atoms with E-state index >= 15 is 0 Å². The lowest BCUT2D eigenvalue weighted by Gasteiger charge is -2.54. The van der Waals surface area contributed by atoms with Crippen LogP contribution in [0.4, 0.5) is 0 Å². The zero-order valence-electron chi connectivity index (χ0n) is 20.3. The smallest absolute Gasteiger partial charge is 0.0693 e. The number of hydrogen-bond acceptors (Lipinski definition) is 0. The van der Waals surface area contributed by atoms with Crippen molar-refractivity contribution in [1.82, 2.24) is 0 Å². The Kier molecular flexibility index (Phi) is 4.61. The second-order valence-electron chi connectivity index (χ2n) is 14.6. The average molecular weight is 471 g/mol. The molecule has 0 nitrogen and oxygen atoms in total. The third-order valence-electron chi connectivity index (χ3n) is 10.4. The van der Waals surface area contributed by atoms with E-state index in [2.05, 4.69) is 48.4 Å². The Morgan fingerprint density at radius 3 is 1.39 bits per heavy atom. The normalized spacial score (nSPS) is 47.3. The molecule has 2 saturated carbocycles. The molecule has 168 valence electrons. The number of rotatable bonds is 4. The molecule has 0 atom stereocenters. The van der Waals surface area contributed by atoms with Crippen molar-refractivity contribution in [2.75, 3.05) is 37.0 Å². The monoisotopic (exact) mass is 470 g/mol. The van der Waals surface area contributed by atoms with Gasteiger partial charge in [-0.05, 0) is 97.8 Å². The minimum Gasteiger partial charge on any atom is -0.0693 e. The summed E-state index contributed by atoms with van der Waals surface area (Å²) >= 11 is 0. The predicted octanol–water partition coefficient (Wildman–Crippen LogP) is 6.51. The molecule has 6 heterocycles. The van der Waals surface area contributed by atoms with Gasteiger partial charge in [-0.15, -0.1) is 0 Å². The molecule has 8 bridgehead atoms. The second kappa shape index (κ2) is 6.92. The fourth-order valence-corrected chi connectivity index (χ4v) is 24.8. The van der Waals surface area contributed by atoms with Crippen molar-refractivity contribution in [2.45, 2.75) is 64.2 Å². The van der Waals surface area contributed by atoms with Crippen molar-refractivity contribution in [3.8, 4) is 0 Å². The van der Waals surface area contributed by atoms with Crippen LogP contribution < -0.4 is 10.6 Å². The van der Waals surface area contributed by atoms with Gasteiger partial charge in [0.1, 0.15) is 10.6 Å². The first-order valence-electron chi connectivity index (χ1n) is 13.6. The second-order valence-corrected chi connectivity index (χ2v) is 27.8. The molecule has 0 radical (unpaired) electrons. The van der Waals surface area contributed by atoms with E-state index in [1.807, 2.05) is 0 Å². The van der Waals surface area contributed by atoms with Gasteiger partial charge in [-0.3, -0.25) is 0 Å². The maximum Gasteiger partial charge on any atom is 0.136 e. The van der Waals surface area contributed by atoms with Crippen LogP contribution in [0.5, 0.6) is 0 Å². The van der Waals surface area contributed by atoms with Crippen LogP contribution in [-0.2, 0) is 6.04 Å². The Morgan fingerprint density at radius 1 is 0.613 bits per heavy atom. The molecule has 6 saturated heterocycles. The summed E-state index contributed by atoms with van der Waals surface area (Å²) in [7, 11) is -2.88. The molecule has 0 N–H and O–H groups in total. The van der Waals surface area contributed by atoms with Crippen molar-refractivity contribution in [1.29, 1.82) is 0 Å². The molecule has 6 aliphatic heterocycles. The van der Waals surface area contributed by atoms with Crippen molar-refractivity contribution in [3.63, 3.8) is 0 Å². The van der Waals surface area contributed by atoms with Gasteiger partial charge in [-0.25, -0.2) is 0 Å². The molecular weight excluding hydrogens is 426 g/mol. The molecule has 31 heavy (non-hydrogen) atoms. The molecule has 1 aromatic rings. The lowest BCUT2D eigenvalue weighted by Crippen LogP contribution is -2.52. The molecule has 1 aromatic carbocycles. The van der Waals surface area contributed by atoms with Crippen LogP contribution in [0.3, 0.4) is 0 Å². The van der Waals surface area contributed by atoms with Crippen molar-refractivity contribution < 1.29 is 0 Å². The van der Waals surface area contributed by atoms with E-state index in [0.717, 1.165) is 35.5 Å². The summed E-state index contributed by atoms with van der Waals surface area (Å²) in [5, 5.41) is 4.14. The van der Waals surface area contributed by atoms with Gasteiger partial charge in [0.25, 0.3) is 0 Å². The highest BCUT2D eigenvalue weighted by atomic mass is 31.2. The largest absolute Gasteiger partial charge is 0.136 e. The molecule has 0 aromatic heterocycles. The molecule has 0 spiro atoms. The van der Waals surface area contributed by atoms with E-state index in [9.17, 15) is 0 Å². The van der Waals surface area contributed by atoms with Crippen LogP contribution in [0.25, 0.3) is 0 Å². The number of benzene rings is 1. The fourth-order valence-electron chi connectivity index (χ4n) is 10.4. The van der Waals surface area contributed by atoms with Crippen molar-refractivity contribution in [3.05, 3.63) is 23.8 Å². The van der Waals surface area contributed by atoms with Gasteiger partial charge in [0.05, 0.1) is 51.5 Å². The molecule has 0 unspecified atom stereocenters. The van der Waals surface area contributed by atoms with Gasteiger partial charge in [0.15, 0.2) is 0 Å². The van der Waals surface area contributed by atoms with E-state index in [0.29, 0.717) is 0 Å². The Balaban J connectivity index is 1.36. The highest BCUT2D eigenvalue weighted by molar-refractivity contribution is 7.88. The minimum absolute atomic E-state index is 0.892.